The van der Waals surface area contributed by atoms with Gasteiger partial charge in [0.05, 0.1) is 5.69 Å². The summed E-state index contributed by atoms with van der Waals surface area (Å²) in [5.41, 5.74) is 4.67. The number of hydrogen-bond donors (Lipinski definition) is 1. The lowest BCUT2D eigenvalue weighted by Crippen LogP contribution is -2.65. The number of pyridine rings is 1. The van der Waals surface area contributed by atoms with Crippen LogP contribution in [0.3, 0.4) is 0 Å². The average Bonchev–Trinajstić information content (AvgIpc) is 3.65. The molecule has 5 aromatic rings. The van der Waals surface area contributed by atoms with Gasteiger partial charge in [0.2, 0.25) is 0 Å². The van der Waals surface area contributed by atoms with E-state index in [0.717, 1.165) is 68.0 Å². The van der Waals surface area contributed by atoms with Crippen LogP contribution in [0.4, 0.5) is 15.9 Å². The molecule has 1 atom stereocenters. The molecule has 252 valence electrons. The van der Waals surface area contributed by atoms with E-state index in [1.807, 2.05) is 16.8 Å². The Morgan fingerprint density at radius 3 is 2.69 bits per heavy atom. The highest BCUT2D eigenvalue weighted by molar-refractivity contribution is 5.73. The fraction of sp³-hybridized carbons (Fsp3) is 0.459. The lowest BCUT2D eigenvalue weighted by molar-refractivity contribution is -0.0656. The summed E-state index contributed by atoms with van der Waals surface area (Å²) in [4.78, 5) is 22.9. The Morgan fingerprint density at radius 2 is 1.86 bits per heavy atom. The third-order valence-electron chi connectivity index (χ3n) is 11.1. The van der Waals surface area contributed by atoms with E-state index in [2.05, 4.69) is 77.4 Å². The molecular formula is C37H41FN10O. The number of hydrogen-bond acceptors (Lipinski definition) is 10. The van der Waals surface area contributed by atoms with Gasteiger partial charge < -0.3 is 19.4 Å². The lowest BCUT2D eigenvalue weighted by Gasteiger charge is -2.57. The molecule has 2 saturated carbocycles. The maximum Gasteiger partial charge on any atom is 0.282 e. The van der Waals surface area contributed by atoms with Gasteiger partial charge in [-0.05, 0) is 68.2 Å². The molecular weight excluding hydrogens is 619 g/mol. The molecule has 9 rings (SSSR count). The SMILES string of the molecule is CC(C)[C@H](C1CC(Nc2ccn3ccnc3c2)C1)N1CC2(CCN(c3ncnnc3Oc3ccc(F)cc3-c3cncnc3C3CC3)C2)C1. The van der Waals surface area contributed by atoms with Gasteiger partial charge in [0, 0.05) is 97.3 Å². The third-order valence-corrected chi connectivity index (χ3v) is 11.1. The first kappa shape index (κ1) is 30.4. The summed E-state index contributed by atoms with van der Waals surface area (Å²) in [5, 5.41) is 12.2. The van der Waals surface area contributed by atoms with Crippen molar-refractivity contribution in [1.29, 1.82) is 0 Å². The first-order valence-electron chi connectivity index (χ1n) is 17.5. The largest absolute Gasteiger partial charge is 0.434 e. The predicted molar refractivity (Wildman–Crippen MR) is 184 cm³/mol. The Kier molecular flexibility index (Phi) is 7.44. The Balaban J connectivity index is 0.863. The van der Waals surface area contributed by atoms with E-state index < -0.39 is 0 Å². The normalized spacial score (nSPS) is 22.3. The van der Waals surface area contributed by atoms with Gasteiger partial charge in [0.25, 0.3) is 5.88 Å². The molecule has 49 heavy (non-hydrogen) atoms. The summed E-state index contributed by atoms with van der Waals surface area (Å²) < 4.78 is 23.0. The van der Waals surface area contributed by atoms with Crippen LogP contribution >= 0.6 is 0 Å². The molecule has 0 radical (unpaired) electrons. The molecule has 0 unspecified atom stereocenters. The van der Waals surface area contributed by atoms with Gasteiger partial charge in [0.15, 0.2) is 5.82 Å². The van der Waals surface area contributed by atoms with Crippen molar-refractivity contribution in [2.75, 3.05) is 36.4 Å². The standard InChI is InChI=1S/C37H41FN10O/c1-23(2)34(25-13-28(14-25)44-27-7-10-46-12-9-40-32(46)16-27)48-19-37(20-48)8-11-47(18-37)35-36(45-43-22-42-35)49-31-6-5-26(38)15-29(31)30-17-39-21-41-33(30)24-3-4-24/h5-7,9-10,12,15-17,21-25,28,34,44H,3-4,8,11,13-14,18-20H2,1-2H3/t25?,28?,34-/m1/s1. The Bertz CT molecular complexity index is 1980. The summed E-state index contributed by atoms with van der Waals surface area (Å²) in [6.07, 6.45) is 16.3. The van der Waals surface area contributed by atoms with E-state index in [0.29, 0.717) is 52.8 Å². The van der Waals surface area contributed by atoms with E-state index in [1.54, 1.807) is 18.6 Å². The Labute approximate surface area is 285 Å². The van der Waals surface area contributed by atoms with E-state index in [1.165, 1.54) is 31.3 Å². The molecule has 2 aliphatic heterocycles. The van der Waals surface area contributed by atoms with Crippen molar-refractivity contribution in [3.05, 3.63) is 79.3 Å². The fourth-order valence-electron chi connectivity index (χ4n) is 8.63. The summed E-state index contributed by atoms with van der Waals surface area (Å²) in [6, 6.07) is 9.88. The molecule has 0 amide bonds. The van der Waals surface area contributed by atoms with Gasteiger partial charge in [-0.1, -0.05) is 13.8 Å². The molecule has 12 heteroatoms. The number of nitrogens with one attached hydrogen (secondary N) is 1. The van der Waals surface area contributed by atoms with Crippen molar-refractivity contribution < 1.29 is 9.13 Å². The smallest absolute Gasteiger partial charge is 0.282 e. The second-order valence-electron chi connectivity index (χ2n) is 14.9. The average molecular weight is 661 g/mol. The molecule has 2 aliphatic carbocycles. The minimum Gasteiger partial charge on any atom is -0.434 e. The van der Waals surface area contributed by atoms with Gasteiger partial charge in [-0.2, -0.15) is 0 Å². The number of rotatable bonds is 10. The van der Waals surface area contributed by atoms with Gasteiger partial charge >= 0.3 is 0 Å². The number of benzene rings is 1. The second kappa shape index (κ2) is 12.0. The van der Waals surface area contributed by atoms with Crippen molar-refractivity contribution >= 4 is 17.2 Å². The zero-order valence-electron chi connectivity index (χ0n) is 27.9. The maximum absolute atomic E-state index is 14.6. The Hall–Kier alpha value is -4.71. The monoisotopic (exact) mass is 660 g/mol. The molecule has 11 nitrogen and oxygen atoms in total. The van der Waals surface area contributed by atoms with Crippen LogP contribution in [0, 0.1) is 23.1 Å². The number of likely N-dealkylation sites (tertiary alicyclic amines) is 1. The third kappa shape index (κ3) is 5.75. The van der Waals surface area contributed by atoms with Gasteiger partial charge in [-0.15, -0.1) is 10.2 Å². The molecule has 4 aromatic heterocycles. The van der Waals surface area contributed by atoms with Crippen LogP contribution in [0.25, 0.3) is 16.8 Å². The number of anilines is 2. The van der Waals surface area contributed by atoms with E-state index in [-0.39, 0.29) is 11.2 Å². The number of nitrogens with zero attached hydrogens (tertiary/aromatic N) is 9. The summed E-state index contributed by atoms with van der Waals surface area (Å²) >= 11 is 0. The highest BCUT2D eigenvalue weighted by Gasteiger charge is 2.53. The number of ether oxygens (including phenoxy) is 1. The van der Waals surface area contributed by atoms with Crippen LogP contribution in [0.5, 0.6) is 11.6 Å². The zero-order chi connectivity index (χ0) is 33.1. The minimum absolute atomic E-state index is 0.220. The summed E-state index contributed by atoms with van der Waals surface area (Å²) in [7, 11) is 0. The van der Waals surface area contributed by atoms with Crippen LogP contribution in [0.2, 0.25) is 0 Å². The number of imidazole rings is 1. The molecule has 2 saturated heterocycles. The van der Waals surface area contributed by atoms with E-state index in [4.69, 9.17) is 4.74 Å². The zero-order valence-corrected chi connectivity index (χ0v) is 27.9. The first-order chi connectivity index (χ1) is 23.9. The predicted octanol–water partition coefficient (Wildman–Crippen LogP) is 6.21. The van der Waals surface area contributed by atoms with Gasteiger partial charge in [0.1, 0.15) is 29.9 Å². The second-order valence-corrected chi connectivity index (χ2v) is 14.9. The van der Waals surface area contributed by atoms with Crippen LogP contribution in [-0.2, 0) is 0 Å². The van der Waals surface area contributed by atoms with Crippen molar-refractivity contribution in [3.8, 4) is 22.8 Å². The highest BCUT2D eigenvalue weighted by atomic mass is 19.1. The fourth-order valence-corrected chi connectivity index (χ4v) is 8.63. The summed E-state index contributed by atoms with van der Waals surface area (Å²) in [6.45, 7) is 8.69. The van der Waals surface area contributed by atoms with Crippen LogP contribution in [-0.4, -0.2) is 77.7 Å². The van der Waals surface area contributed by atoms with Crippen LogP contribution < -0.4 is 15.0 Å². The number of aromatic nitrogens is 7. The lowest BCUT2D eigenvalue weighted by atomic mass is 9.68. The van der Waals surface area contributed by atoms with E-state index in [9.17, 15) is 4.39 Å². The van der Waals surface area contributed by atoms with Gasteiger partial charge in [-0.3, -0.25) is 4.90 Å². The van der Waals surface area contributed by atoms with E-state index >= 15 is 0 Å². The highest BCUT2D eigenvalue weighted by Crippen LogP contribution is 2.49. The van der Waals surface area contributed by atoms with Crippen LogP contribution in [0.15, 0.2) is 67.8 Å². The quantitative estimate of drug-likeness (QED) is 0.186. The topological polar surface area (TPSA) is 109 Å². The summed E-state index contributed by atoms with van der Waals surface area (Å²) in [5.74, 6) is 2.79. The molecule has 4 fully saturated rings. The van der Waals surface area contributed by atoms with Crippen molar-refractivity contribution in [2.45, 2.75) is 64.0 Å². The molecule has 6 heterocycles. The van der Waals surface area contributed by atoms with Crippen molar-refractivity contribution in [2.24, 2.45) is 17.3 Å². The molecule has 4 aliphatic rings. The van der Waals surface area contributed by atoms with Crippen LogP contribution in [0.1, 0.15) is 57.6 Å². The van der Waals surface area contributed by atoms with Crippen molar-refractivity contribution in [1.82, 2.24) is 39.4 Å². The van der Waals surface area contributed by atoms with Gasteiger partial charge in [-0.25, -0.2) is 24.3 Å². The number of fused-ring (bicyclic) bond motifs is 1. The molecule has 1 spiro atoms. The first-order valence-corrected chi connectivity index (χ1v) is 17.5. The minimum atomic E-state index is -0.345. The molecule has 1 aromatic carbocycles. The molecule has 1 N–H and O–H groups in total. The van der Waals surface area contributed by atoms with Crippen molar-refractivity contribution in [3.63, 3.8) is 0 Å². The number of halogens is 1. The maximum atomic E-state index is 14.6. The Morgan fingerprint density at radius 1 is 0.980 bits per heavy atom. The molecule has 0 bridgehead atoms.